The first-order valence-corrected chi connectivity index (χ1v) is 6.64. The molecular formula is C13H22N4O. The lowest BCUT2D eigenvalue weighted by atomic mass is 9.84. The zero-order chi connectivity index (χ0) is 13.0. The summed E-state index contributed by atoms with van der Waals surface area (Å²) in [5.74, 6) is 2.21. The zero-order valence-electron chi connectivity index (χ0n) is 11.1. The number of ether oxygens (including phenoxy) is 1. The molecule has 0 saturated heterocycles. The summed E-state index contributed by atoms with van der Waals surface area (Å²) in [6.45, 7) is 2.21. The summed E-state index contributed by atoms with van der Waals surface area (Å²) in [5.41, 5.74) is 5.65. The third-order valence-electron chi connectivity index (χ3n) is 3.66. The van der Waals surface area contributed by atoms with Crippen molar-refractivity contribution in [3.8, 4) is 5.88 Å². The van der Waals surface area contributed by atoms with Gasteiger partial charge in [0.1, 0.15) is 5.82 Å². The van der Waals surface area contributed by atoms with Crippen LogP contribution in [0.15, 0.2) is 6.07 Å². The van der Waals surface area contributed by atoms with E-state index in [4.69, 9.17) is 10.5 Å². The smallest absolute Gasteiger partial charge is 0.225 e. The van der Waals surface area contributed by atoms with Crippen molar-refractivity contribution in [2.24, 2.45) is 5.92 Å². The van der Waals surface area contributed by atoms with Gasteiger partial charge in [-0.05, 0) is 25.7 Å². The molecule has 0 spiro atoms. The van der Waals surface area contributed by atoms with Crippen LogP contribution < -0.4 is 15.8 Å². The van der Waals surface area contributed by atoms with E-state index in [1.54, 1.807) is 13.2 Å². The molecule has 1 unspecified atom stereocenters. The normalized spacial score (nSPS) is 18.3. The lowest BCUT2D eigenvalue weighted by Gasteiger charge is -2.28. The Balaban J connectivity index is 2.01. The van der Waals surface area contributed by atoms with Crippen LogP contribution in [0.25, 0.3) is 0 Å². The average Bonchev–Trinajstić information content (AvgIpc) is 2.39. The molecule has 0 radical (unpaired) electrons. The second-order valence-electron chi connectivity index (χ2n) is 4.98. The third kappa shape index (κ3) is 3.24. The second-order valence-corrected chi connectivity index (χ2v) is 4.98. The van der Waals surface area contributed by atoms with E-state index >= 15 is 0 Å². The molecular weight excluding hydrogens is 228 g/mol. The van der Waals surface area contributed by atoms with E-state index in [0.717, 1.165) is 11.7 Å². The Hall–Kier alpha value is -1.52. The molecule has 1 aliphatic carbocycles. The van der Waals surface area contributed by atoms with Crippen LogP contribution >= 0.6 is 0 Å². The van der Waals surface area contributed by atoms with Gasteiger partial charge >= 0.3 is 0 Å². The Morgan fingerprint density at radius 3 is 2.72 bits per heavy atom. The predicted molar refractivity (Wildman–Crippen MR) is 72.7 cm³/mol. The molecule has 1 aromatic rings. The number of nitrogen functional groups attached to an aromatic ring is 1. The molecule has 5 nitrogen and oxygen atoms in total. The molecule has 100 valence electrons. The van der Waals surface area contributed by atoms with E-state index in [0.29, 0.717) is 11.9 Å². The van der Waals surface area contributed by atoms with Crippen LogP contribution in [0.2, 0.25) is 0 Å². The maximum atomic E-state index is 5.65. The summed E-state index contributed by atoms with van der Waals surface area (Å²) in [5, 5.41) is 3.42. The molecule has 18 heavy (non-hydrogen) atoms. The first-order chi connectivity index (χ1) is 8.69. The molecule has 0 aliphatic heterocycles. The van der Waals surface area contributed by atoms with Gasteiger partial charge in [-0.3, -0.25) is 0 Å². The molecule has 5 heteroatoms. The number of nitrogens with one attached hydrogen (secondary N) is 1. The molecule has 1 aliphatic rings. The Labute approximate surface area is 108 Å². The van der Waals surface area contributed by atoms with Gasteiger partial charge in [0, 0.05) is 12.1 Å². The maximum absolute atomic E-state index is 5.65. The standard InChI is InChI=1S/C13H22N4O/c1-9(10-6-4-3-5-7-10)15-11-8-12(18-2)17-13(14)16-11/h8-10H,3-7H2,1-2H3,(H3,14,15,16,17). The number of hydrogen-bond acceptors (Lipinski definition) is 5. The van der Waals surface area contributed by atoms with Crippen LogP contribution in [0, 0.1) is 5.92 Å². The van der Waals surface area contributed by atoms with Gasteiger partial charge in [-0.25, -0.2) is 0 Å². The van der Waals surface area contributed by atoms with Crippen LogP contribution in [-0.2, 0) is 0 Å². The van der Waals surface area contributed by atoms with Crippen molar-refractivity contribution >= 4 is 11.8 Å². The highest BCUT2D eigenvalue weighted by Gasteiger charge is 2.20. The summed E-state index contributed by atoms with van der Waals surface area (Å²) in [4.78, 5) is 8.17. The minimum Gasteiger partial charge on any atom is -0.481 e. The van der Waals surface area contributed by atoms with Gasteiger partial charge < -0.3 is 15.8 Å². The fourth-order valence-electron chi connectivity index (χ4n) is 2.61. The van der Waals surface area contributed by atoms with Gasteiger partial charge in [0.05, 0.1) is 7.11 Å². The summed E-state index contributed by atoms with van der Waals surface area (Å²) >= 11 is 0. The van der Waals surface area contributed by atoms with Gasteiger partial charge in [-0.1, -0.05) is 19.3 Å². The van der Waals surface area contributed by atoms with E-state index in [-0.39, 0.29) is 5.95 Å². The Kier molecular flexibility index (Phi) is 4.23. The number of methoxy groups -OCH3 is 1. The van der Waals surface area contributed by atoms with Crippen LogP contribution in [-0.4, -0.2) is 23.1 Å². The monoisotopic (exact) mass is 250 g/mol. The first-order valence-electron chi connectivity index (χ1n) is 6.64. The third-order valence-corrected chi connectivity index (χ3v) is 3.66. The molecule has 0 amide bonds. The van der Waals surface area contributed by atoms with Crippen molar-refractivity contribution in [3.63, 3.8) is 0 Å². The number of rotatable bonds is 4. The largest absolute Gasteiger partial charge is 0.481 e. The van der Waals surface area contributed by atoms with Crippen LogP contribution in [0.3, 0.4) is 0 Å². The fourth-order valence-corrected chi connectivity index (χ4v) is 2.61. The molecule has 1 atom stereocenters. The van der Waals surface area contributed by atoms with Crippen molar-refractivity contribution in [3.05, 3.63) is 6.07 Å². The van der Waals surface area contributed by atoms with Crippen LogP contribution in [0.5, 0.6) is 5.88 Å². The SMILES string of the molecule is COc1cc(NC(C)C2CCCCC2)nc(N)n1. The number of anilines is 2. The Morgan fingerprint density at radius 2 is 2.06 bits per heavy atom. The first kappa shape index (κ1) is 12.9. The molecule has 3 N–H and O–H groups in total. The van der Waals surface area contributed by atoms with Crippen LogP contribution in [0.4, 0.5) is 11.8 Å². The second kappa shape index (κ2) is 5.89. The molecule has 1 aromatic heterocycles. The highest BCUT2D eigenvalue weighted by atomic mass is 16.5. The lowest BCUT2D eigenvalue weighted by molar-refractivity contribution is 0.328. The van der Waals surface area contributed by atoms with Gasteiger partial charge in [0.2, 0.25) is 11.8 Å². The highest BCUT2D eigenvalue weighted by Crippen LogP contribution is 2.28. The number of aromatic nitrogens is 2. The van der Waals surface area contributed by atoms with Crippen molar-refractivity contribution in [1.29, 1.82) is 0 Å². The van der Waals surface area contributed by atoms with Crippen molar-refractivity contribution in [1.82, 2.24) is 9.97 Å². The van der Waals surface area contributed by atoms with E-state index in [1.165, 1.54) is 32.1 Å². The van der Waals surface area contributed by atoms with Crippen molar-refractivity contribution in [2.75, 3.05) is 18.2 Å². The zero-order valence-corrected chi connectivity index (χ0v) is 11.1. The predicted octanol–water partition coefficient (Wildman–Crippen LogP) is 2.45. The number of hydrogen-bond donors (Lipinski definition) is 2. The lowest BCUT2D eigenvalue weighted by Crippen LogP contribution is -2.28. The van der Waals surface area contributed by atoms with E-state index in [2.05, 4.69) is 22.2 Å². The Morgan fingerprint density at radius 1 is 1.33 bits per heavy atom. The minimum absolute atomic E-state index is 0.243. The quantitative estimate of drug-likeness (QED) is 0.858. The van der Waals surface area contributed by atoms with Crippen molar-refractivity contribution < 1.29 is 4.74 Å². The number of nitrogens with zero attached hydrogens (tertiary/aromatic N) is 2. The summed E-state index contributed by atoms with van der Waals surface area (Å²) in [6, 6.07) is 2.19. The van der Waals surface area contributed by atoms with Gasteiger partial charge in [-0.15, -0.1) is 0 Å². The van der Waals surface area contributed by atoms with E-state index < -0.39 is 0 Å². The molecule has 1 fully saturated rings. The van der Waals surface area contributed by atoms with Crippen molar-refractivity contribution in [2.45, 2.75) is 45.1 Å². The van der Waals surface area contributed by atoms with Crippen LogP contribution in [0.1, 0.15) is 39.0 Å². The molecule has 0 bridgehead atoms. The fraction of sp³-hybridized carbons (Fsp3) is 0.692. The topological polar surface area (TPSA) is 73.1 Å². The Bertz CT molecular complexity index is 391. The highest BCUT2D eigenvalue weighted by molar-refractivity contribution is 5.43. The van der Waals surface area contributed by atoms with Gasteiger partial charge in [-0.2, -0.15) is 9.97 Å². The van der Waals surface area contributed by atoms with E-state index in [1.807, 2.05) is 0 Å². The number of nitrogens with two attached hydrogens (primary N) is 1. The minimum atomic E-state index is 0.243. The summed E-state index contributed by atoms with van der Waals surface area (Å²) in [6.07, 6.45) is 6.65. The molecule has 1 saturated carbocycles. The molecule has 0 aromatic carbocycles. The average molecular weight is 250 g/mol. The maximum Gasteiger partial charge on any atom is 0.225 e. The van der Waals surface area contributed by atoms with Gasteiger partial charge in [0.15, 0.2) is 0 Å². The molecule has 1 heterocycles. The van der Waals surface area contributed by atoms with Gasteiger partial charge in [0.25, 0.3) is 0 Å². The van der Waals surface area contributed by atoms with E-state index in [9.17, 15) is 0 Å². The summed E-state index contributed by atoms with van der Waals surface area (Å²) < 4.78 is 5.09. The summed E-state index contributed by atoms with van der Waals surface area (Å²) in [7, 11) is 1.58. The molecule has 2 rings (SSSR count).